The van der Waals surface area contributed by atoms with Crippen molar-refractivity contribution in [1.82, 2.24) is 0 Å². The van der Waals surface area contributed by atoms with E-state index in [1.165, 1.54) is 44.9 Å². The highest BCUT2D eigenvalue weighted by molar-refractivity contribution is 4.91. The van der Waals surface area contributed by atoms with Crippen LogP contribution in [0.1, 0.15) is 58.8 Å². The van der Waals surface area contributed by atoms with Crippen LogP contribution in [0.25, 0.3) is 0 Å². The highest BCUT2D eigenvalue weighted by Gasteiger charge is 2.10. The lowest BCUT2D eigenvalue weighted by molar-refractivity contribution is 0.529. The van der Waals surface area contributed by atoms with E-state index < -0.39 is 0 Å². The molecule has 0 radical (unpaired) electrons. The minimum absolute atomic E-state index is 0.891. The van der Waals surface area contributed by atoms with Gasteiger partial charge in [-0.3, -0.25) is 0 Å². The summed E-state index contributed by atoms with van der Waals surface area (Å²) in [5.74, 6) is 1.82. The zero-order chi connectivity index (χ0) is 9.52. The van der Waals surface area contributed by atoms with E-state index in [9.17, 15) is 0 Å². The topological polar surface area (TPSA) is 0 Å². The minimum Gasteiger partial charge on any atom is -0.0880 e. The van der Waals surface area contributed by atoms with Gasteiger partial charge in [0.25, 0.3) is 0 Å². The second kappa shape index (κ2) is 6.23. The maximum absolute atomic E-state index is 2.47. The first kappa shape index (κ1) is 10.8. The summed E-state index contributed by atoms with van der Waals surface area (Å²) in [5, 5.41) is 0. The Morgan fingerprint density at radius 2 is 2.00 bits per heavy atom. The van der Waals surface area contributed by atoms with E-state index in [-0.39, 0.29) is 0 Å². The molecular weight excluding hydrogens is 156 g/mol. The molecule has 0 aliphatic heterocycles. The van der Waals surface area contributed by atoms with Crippen LogP contribution >= 0.6 is 0 Å². The zero-order valence-corrected chi connectivity index (χ0v) is 9.26. The summed E-state index contributed by atoms with van der Waals surface area (Å²) in [6, 6.07) is 0. The molecule has 0 bridgehead atoms. The molecule has 0 N–H and O–H groups in total. The van der Waals surface area contributed by atoms with E-state index in [0.29, 0.717) is 0 Å². The van der Waals surface area contributed by atoms with Crippen LogP contribution in [0.4, 0.5) is 0 Å². The fraction of sp³-hybridized carbons (Fsp3) is 0.846. The van der Waals surface area contributed by atoms with Crippen molar-refractivity contribution in [2.75, 3.05) is 0 Å². The molecule has 0 saturated heterocycles. The van der Waals surface area contributed by atoms with Crippen LogP contribution in [-0.4, -0.2) is 0 Å². The molecular formula is C13H24. The van der Waals surface area contributed by atoms with Crippen LogP contribution in [-0.2, 0) is 0 Å². The Morgan fingerprint density at radius 1 is 1.31 bits per heavy atom. The lowest BCUT2D eigenvalue weighted by Crippen LogP contribution is -1.92. The normalized spacial score (nSPS) is 21.4. The summed E-state index contributed by atoms with van der Waals surface area (Å²) in [5.41, 5.74) is 0. The van der Waals surface area contributed by atoms with Gasteiger partial charge in [0.15, 0.2) is 0 Å². The summed E-state index contributed by atoms with van der Waals surface area (Å²) in [4.78, 5) is 0. The van der Waals surface area contributed by atoms with Gasteiger partial charge in [0, 0.05) is 0 Å². The van der Waals surface area contributed by atoms with Gasteiger partial charge < -0.3 is 0 Å². The molecule has 0 aromatic heterocycles. The fourth-order valence-corrected chi connectivity index (χ4v) is 2.26. The van der Waals surface area contributed by atoms with Crippen molar-refractivity contribution in [2.24, 2.45) is 11.8 Å². The molecule has 1 saturated carbocycles. The molecule has 1 aliphatic carbocycles. The second-order valence-electron chi connectivity index (χ2n) is 4.60. The molecule has 76 valence electrons. The first-order valence-corrected chi connectivity index (χ1v) is 5.99. The van der Waals surface area contributed by atoms with Crippen molar-refractivity contribution in [3.8, 4) is 0 Å². The van der Waals surface area contributed by atoms with E-state index in [2.05, 4.69) is 26.0 Å². The first-order valence-electron chi connectivity index (χ1n) is 5.99. The van der Waals surface area contributed by atoms with E-state index >= 15 is 0 Å². The molecule has 0 aromatic carbocycles. The van der Waals surface area contributed by atoms with Crippen molar-refractivity contribution in [3.63, 3.8) is 0 Å². The monoisotopic (exact) mass is 180 g/mol. The van der Waals surface area contributed by atoms with Crippen LogP contribution < -0.4 is 0 Å². The van der Waals surface area contributed by atoms with Gasteiger partial charge in [0.2, 0.25) is 0 Å². The molecule has 13 heavy (non-hydrogen) atoms. The van der Waals surface area contributed by atoms with Crippen LogP contribution in [0.5, 0.6) is 0 Å². The summed E-state index contributed by atoms with van der Waals surface area (Å²) < 4.78 is 0. The van der Waals surface area contributed by atoms with Gasteiger partial charge in [-0.05, 0) is 31.1 Å². The third-order valence-corrected chi connectivity index (χ3v) is 3.13. The molecule has 0 aromatic rings. The first-order chi connectivity index (χ1) is 6.33. The van der Waals surface area contributed by atoms with E-state index in [4.69, 9.17) is 0 Å². The van der Waals surface area contributed by atoms with Crippen LogP contribution in [0.2, 0.25) is 0 Å². The van der Waals surface area contributed by atoms with Crippen molar-refractivity contribution < 1.29 is 0 Å². The average Bonchev–Trinajstić information content (AvgIpc) is 2.57. The van der Waals surface area contributed by atoms with Gasteiger partial charge in [0.1, 0.15) is 0 Å². The molecule has 0 nitrogen and oxygen atoms in total. The quantitative estimate of drug-likeness (QED) is 0.544. The molecule has 1 rings (SSSR count). The molecule has 0 heteroatoms. The second-order valence-corrected chi connectivity index (χ2v) is 4.60. The molecule has 1 aliphatic rings. The minimum atomic E-state index is 0.891. The Balaban J connectivity index is 2.09. The van der Waals surface area contributed by atoms with Gasteiger partial charge in [-0.25, -0.2) is 0 Å². The third kappa shape index (κ3) is 4.50. The standard InChI is InChI=1S/C13H24/c1-3-7-12(2)8-6-11-13-9-4-5-10-13/h6,11-13H,3-5,7-10H2,1-2H3. The summed E-state index contributed by atoms with van der Waals surface area (Å²) in [6.07, 6.45) is 14.7. The van der Waals surface area contributed by atoms with Gasteiger partial charge >= 0.3 is 0 Å². The largest absolute Gasteiger partial charge is 0.0880 e. The molecule has 1 unspecified atom stereocenters. The maximum atomic E-state index is 2.47. The molecule has 0 spiro atoms. The molecule has 1 atom stereocenters. The zero-order valence-electron chi connectivity index (χ0n) is 9.26. The lowest BCUT2D eigenvalue weighted by Gasteiger charge is -2.06. The average molecular weight is 180 g/mol. The number of hydrogen-bond acceptors (Lipinski definition) is 0. The van der Waals surface area contributed by atoms with E-state index in [0.717, 1.165) is 11.8 Å². The van der Waals surface area contributed by atoms with Crippen molar-refractivity contribution in [3.05, 3.63) is 12.2 Å². The Kier molecular flexibility index (Phi) is 5.19. The summed E-state index contributed by atoms with van der Waals surface area (Å²) in [7, 11) is 0. The number of hydrogen-bond donors (Lipinski definition) is 0. The third-order valence-electron chi connectivity index (χ3n) is 3.13. The molecule has 0 heterocycles. The Labute approximate surface area is 83.4 Å². The van der Waals surface area contributed by atoms with Crippen molar-refractivity contribution in [2.45, 2.75) is 58.8 Å². The van der Waals surface area contributed by atoms with Gasteiger partial charge in [-0.2, -0.15) is 0 Å². The predicted molar refractivity (Wildman–Crippen MR) is 59.8 cm³/mol. The van der Waals surface area contributed by atoms with Crippen LogP contribution in [0, 0.1) is 11.8 Å². The highest BCUT2D eigenvalue weighted by atomic mass is 14.2. The predicted octanol–water partition coefficient (Wildman–Crippen LogP) is 4.56. The highest BCUT2D eigenvalue weighted by Crippen LogP contribution is 2.26. The Hall–Kier alpha value is -0.260. The fourth-order valence-electron chi connectivity index (χ4n) is 2.26. The van der Waals surface area contributed by atoms with Crippen LogP contribution in [0.15, 0.2) is 12.2 Å². The van der Waals surface area contributed by atoms with Gasteiger partial charge in [0.05, 0.1) is 0 Å². The van der Waals surface area contributed by atoms with Gasteiger partial charge in [-0.1, -0.05) is 51.7 Å². The van der Waals surface area contributed by atoms with Gasteiger partial charge in [-0.15, -0.1) is 0 Å². The number of allylic oxidation sites excluding steroid dienone is 2. The molecule has 1 fully saturated rings. The maximum Gasteiger partial charge on any atom is -0.0234 e. The van der Waals surface area contributed by atoms with Crippen molar-refractivity contribution in [1.29, 1.82) is 0 Å². The Bertz CT molecular complexity index is 140. The smallest absolute Gasteiger partial charge is 0.0234 e. The number of rotatable bonds is 5. The van der Waals surface area contributed by atoms with Crippen molar-refractivity contribution >= 4 is 0 Å². The summed E-state index contributed by atoms with van der Waals surface area (Å²) in [6.45, 7) is 4.64. The van der Waals surface area contributed by atoms with E-state index in [1.54, 1.807) is 0 Å². The lowest BCUT2D eigenvalue weighted by atomic mass is 10.00. The molecule has 0 amide bonds. The Morgan fingerprint density at radius 3 is 2.62 bits per heavy atom. The SMILES string of the molecule is CCCC(C)CC=CC1CCCC1. The van der Waals surface area contributed by atoms with E-state index in [1.807, 2.05) is 0 Å². The summed E-state index contributed by atoms with van der Waals surface area (Å²) >= 11 is 0. The van der Waals surface area contributed by atoms with Crippen LogP contribution in [0.3, 0.4) is 0 Å².